The van der Waals surface area contributed by atoms with Crippen LogP contribution in [0.1, 0.15) is 17.0 Å². The number of aryl methyl sites for hydroxylation is 2. The first-order valence-corrected chi connectivity index (χ1v) is 11.0. The van der Waals surface area contributed by atoms with Crippen LogP contribution in [-0.2, 0) is 28.3 Å². The molecule has 2 aromatic rings. The molecular formula is C18H22Cl2N4O3S. The first-order valence-electron chi connectivity index (χ1n) is 8.84. The van der Waals surface area contributed by atoms with Crippen molar-refractivity contribution in [2.75, 3.05) is 26.2 Å². The number of aromatic nitrogens is 2. The topological polar surface area (TPSA) is 75.5 Å². The van der Waals surface area contributed by atoms with Crippen molar-refractivity contribution in [2.24, 2.45) is 7.05 Å². The first-order chi connectivity index (χ1) is 13.1. The fourth-order valence-electron chi connectivity index (χ4n) is 3.34. The minimum atomic E-state index is -3.77. The molecule has 0 saturated carbocycles. The van der Waals surface area contributed by atoms with Crippen molar-refractivity contribution in [1.29, 1.82) is 0 Å². The van der Waals surface area contributed by atoms with Gasteiger partial charge < -0.3 is 4.90 Å². The maximum absolute atomic E-state index is 12.9. The van der Waals surface area contributed by atoms with Crippen LogP contribution in [0.2, 0.25) is 10.0 Å². The number of hydrogen-bond donors (Lipinski definition) is 0. The third kappa shape index (κ3) is 3.91. The Morgan fingerprint density at radius 1 is 1.14 bits per heavy atom. The molecule has 1 aromatic heterocycles. The molecule has 0 spiro atoms. The summed E-state index contributed by atoms with van der Waals surface area (Å²) in [5.74, 6) is -0.0305. The second-order valence-corrected chi connectivity index (χ2v) is 9.48. The summed E-state index contributed by atoms with van der Waals surface area (Å²) in [6.45, 7) is 4.89. The van der Waals surface area contributed by atoms with E-state index >= 15 is 0 Å². The lowest BCUT2D eigenvalue weighted by atomic mass is 10.1. The van der Waals surface area contributed by atoms with E-state index in [1.165, 1.54) is 10.4 Å². The first kappa shape index (κ1) is 21.1. The van der Waals surface area contributed by atoms with Crippen LogP contribution in [0.15, 0.2) is 23.1 Å². The highest BCUT2D eigenvalue weighted by Crippen LogP contribution is 2.31. The average molecular weight is 445 g/mol. The lowest BCUT2D eigenvalue weighted by Gasteiger charge is -2.34. The van der Waals surface area contributed by atoms with Gasteiger partial charge in [0.2, 0.25) is 15.9 Å². The van der Waals surface area contributed by atoms with Crippen LogP contribution in [-0.4, -0.2) is 59.5 Å². The number of sulfonamides is 1. The summed E-state index contributed by atoms with van der Waals surface area (Å²) < 4.78 is 28.9. The minimum absolute atomic E-state index is 0.0111. The number of piperazine rings is 1. The predicted molar refractivity (Wildman–Crippen MR) is 108 cm³/mol. The summed E-state index contributed by atoms with van der Waals surface area (Å²) in [5, 5.41) is 4.55. The molecule has 1 saturated heterocycles. The van der Waals surface area contributed by atoms with Gasteiger partial charge in [-0.25, -0.2) is 8.42 Å². The Labute approximate surface area is 174 Å². The smallest absolute Gasteiger partial charge is 0.244 e. The molecular weight excluding hydrogens is 423 g/mol. The van der Waals surface area contributed by atoms with E-state index in [-0.39, 0.29) is 40.4 Å². The standard InChI is InChI=1S/C18H22Cl2N4O3S/c1-12-14(13(2)22(3)21-12)11-17(25)23-7-9-24(10-8-23)28(26,27)16-6-4-5-15(19)18(16)20/h4-6H,7-11H2,1-3H3. The van der Waals surface area contributed by atoms with E-state index in [0.717, 1.165) is 17.0 Å². The molecule has 3 rings (SSSR count). The molecule has 1 amide bonds. The Morgan fingerprint density at radius 2 is 1.79 bits per heavy atom. The highest BCUT2D eigenvalue weighted by atomic mass is 35.5. The van der Waals surface area contributed by atoms with Gasteiger partial charge in [0.1, 0.15) is 4.90 Å². The summed E-state index contributed by atoms with van der Waals surface area (Å²) in [7, 11) is -1.92. The molecule has 1 fully saturated rings. The Hall–Kier alpha value is -1.61. The van der Waals surface area contributed by atoms with Crippen LogP contribution in [0.4, 0.5) is 0 Å². The fourth-order valence-corrected chi connectivity index (χ4v) is 5.49. The van der Waals surface area contributed by atoms with Crippen molar-refractivity contribution in [3.8, 4) is 0 Å². The van der Waals surface area contributed by atoms with E-state index in [9.17, 15) is 13.2 Å². The average Bonchev–Trinajstić information content (AvgIpc) is 2.90. The highest BCUT2D eigenvalue weighted by Gasteiger charge is 2.32. The summed E-state index contributed by atoms with van der Waals surface area (Å²) in [6, 6.07) is 4.54. The van der Waals surface area contributed by atoms with Gasteiger partial charge in [0, 0.05) is 44.5 Å². The Morgan fingerprint density at radius 3 is 2.36 bits per heavy atom. The number of halogens is 2. The van der Waals surface area contributed by atoms with Crippen LogP contribution < -0.4 is 0 Å². The van der Waals surface area contributed by atoms with Gasteiger partial charge in [0.15, 0.2) is 0 Å². The Bertz CT molecular complexity index is 1010. The molecule has 10 heteroatoms. The zero-order valence-corrected chi connectivity index (χ0v) is 18.3. The molecule has 0 aliphatic carbocycles. The molecule has 28 heavy (non-hydrogen) atoms. The molecule has 0 atom stereocenters. The largest absolute Gasteiger partial charge is 0.340 e. The molecule has 1 aliphatic rings. The van der Waals surface area contributed by atoms with Crippen molar-refractivity contribution in [2.45, 2.75) is 25.2 Å². The second kappa shape index (κ2) is 8.02. The van der Waals surface area contributed by atoms with E-state index in [0.29, 0.717) is 13.1 Å². The van der Waals surface area contributed by atoms with E-state index in [2.05, 4.69) is 5.10 Å². The van der Waals surface area contributed by atoms with Crippen molar-refractivity contribution in [1.82, 2.24) is 19.0 Å². The van der Waals surface area contributed by atoms with E-state index < -0.39 is 10.0 Å². The predicted octanol–water partition coefficient (Wildman–Crippen LogP) is 2.42. The molecule has 1 aliphatic heterocycles. The number of nitrogens with zero attached hydrogens (tertiary/aromatic N) is 4. The number of amides is 1. The number of carbonyl (C=O) groups excluding carboxylic acids is 1. The number of carbonyl (C=O) groups is 1. The summed E-state index contributed by atoms with van der Waals surface area (Å²) in [5.41, 5.74) is 2.72. The van der Waals surface area contributed by atoms with Gasteiger partial charge in [-0.05, 0) is 26.0 Å². The molecule has 0 N–H and O–H groups in total. The normalized spacial score (nSPS) is 15.8. The minimum Gasteiger partial charge on any atom is -0.340 e. The number of hydrogen-bond acceptors (Lipinski definition) is 4. The summed E-state index contributed by atoms with van der Waals surface area (Å²) >= 11 is 12.0. The van der Waals surface area contributed by atoms with Gasteiger partial charge in [0.25, 0.3) is 0 Å². The lowest BCUT2D eigenvalue weighted by molar-refractivity contribution is -0.131. The SMILES string of the molecule is Cc1nn(C)c(C)c1CC(=O)N1CCN(S(=O)(=O)c2cccc(Cl)c2Cl)CC1. The van der Waals surface area contributed by atoms with Gasteiger partial charge in [-0.15, -0.1) is 0 Å². The zero-order valence-electron chi connectivity index (χ0n) is 15.9. The van der Waals surface area contributed by atoms with Crippen molar-refractivity contribution >= 4 is 39.1 Å². The van der Waals surface area contributed by atoms with E-state index in [1.807, 2.05) is 20.9 Å². The Balaban J connectivity index is 1.68. The molecule has 1 aromatic carbocycles. The van der Waals surface area contributed by atoms with Gasteiger partial charge in [-0.3, -0.25) is 9.48 Å². The van der Waals surface area contributed by atoms with Crippen LogP contribution in [0.25, 0.3) is 0 Å². The van der Waals surface area contributed by atoms with Crippen molar-refractivity contribution < 1.29 is 13.2 Å². The van der Waals surface area contributed by atoms with Gasteiger partial charge >= 0.3 is 0 Å². The van der Waals surface area contributed by atoms with Gasteiger partial charge in [-0.2, -0.15) is 9.40 Å². The molecule has 0 bridgehead atoms. The van der Waals surface area contributed by atoms with Crippen LogP contribution in [0, 0.1) is 13.8 Å². The molecule has 2 heterocycles. The molecule has 7 nitrogen and oxygen atoms in total. The van der Waals surface area contributed by atoms with Crippen molar-refractivity contribution in [3.05, 3.63) is 45.2 Å². The number of rotatable bonds is 4. The van der Waals surface area contributed by atoms with Crippen LogP contribution >= 0.6 is 23.2 Å². The second-order valence-electron chi connectivity index (χ2n) is 6.79. The monoisotopic (exact) mass is 444 g/mol. The number of benzene rings is 1. The van der Waals surface area contributed by atoms with Gasteiger partial charge in [0.05, 0.1) is 22.2 Å². The van der Waals surface area contributed by atoms with Crippen molar-refractivity contribution in [3.63, 3.8) is 0 Å². The van der Waals surface area contributed by atoms with Crippen LogP contribution in [0.5, 0.6) is 0 Å². The van der Waals surface area contributed by atoms with Crippen LogP contribution in [0.3, 0.4) is 0 Å². The van der Waals surface area contributed by atoms with E-state index in [4.69, 9.17) is 23.2 Å². The Kier molecular flexibility index (Phi) is 6.05. The van der Waals surface area contributed by atoms with Gasteiger partial charge in [-0.1, -0.05) is 29.3 Å². The lowest BCUT2D eigenvalue weighted by Crippen LogP contribution is -2.50. The zero-order chi connectivity index (χ0) is 20.6. The molecule has 152 valence electrons. The maximum Gasteiger partial charge on any atom is 0.244 e. The molecule has 0 radical (unpaired) electrons. The third-order valence-corrected chi connectivity index (χ3v) is 7.98. The summed E-state index contributed by atoms with van der Waals surface area (Å²) in [4.78, 5) is 14.4. The van der Waals surface area contributed by atoms with E-state index in [1.54, 1.807) is 21.7 Å². The maximum atomic E-state index is 12.9. The summed E-state index contributed by atoms with van der Waals surface area (Å²) in [6.07, 6.45) is 0.262. The quantitative estimate of drug-likeness (QED) is 0.725. The fraction of sp³-hybridized carbons (Fsp3) is 0.444. The highest BCUT2D eigenvalue weighted by molar-refractivity contribution is 7.89. The third-order valence-electron chi connectivity index (χ3n) is 5.11. The molecule has 0 unspecified atom stereocenters.